The molecule has 2 aromatic carbocycles. The molecule has 0 radical (unpaired) electrons. The molecule has 0 spiro atoms. The third kappa shape index (κ3) is 3.42. The summed E-state index contributed by atoms with van der Waals surface area (Å²) in [6.45, 7) is 5.09. The summed E-state index contributed by atoms with van der Waals surface area (Å²) in [7, 11) is -4.04. The van der Waals surface area contributed by atoms with Crippen LogP contribution in [0.4, 0.5) is 11.4 Å². The Labute approximate surface area is 145 Å². The zero-order chi connectivity index (χ0) is 17.9. The number of para-hydroxylation sites is 1. The standard InChI is InChI=1S/C16H15ClN2O4S/c1-3-10-18(15-7-5-4-6-14(15)17)24(22,23)13-9-8-12(2)16(11-13)19(20)21/h3-9,11H,1,10H2,2H3. The van der Waals surface area contributed by atoms with E-state index < -0.39 is 14.9 Å². The average molecular weight is 367 g/mol. The lowest BCUT2D eigenvalue weighted by molar-refractivity contribution is -0.385. The Kier molecular flexibility index (Phi) is 5.26. The number of nitro groups is 1. The van der Waals surface area contributed by atoms with Gasteiger partial charge in [-0.3, -0.25) is 14.4 Å². The Balaban J connectivity index is 2.62. The minimum Gasteiger partial charge on any atom is -0.261 e. The lowest BCUT2D eigenvalue weighted by atomic mass is 10.2. The van der Waals surface area contributed by atoms with Crippen molar-refractivity contribution in [1.29, 1.82) is 0 Å². The normalized spacial score (nSPS) is 11.1. The number of hydrogen-bond donors (Lipinski definition) is 0. The number of halogens is 1. The lowest BCUT2D eigenvalue weighted by Crippen LogP contribution is -2.31. The van der Waals surface area contributed by atoms with E-state index in [4.69, 9.17) is 11.6 Å². The van der Waals surface area contributed by atoms with Gasteiger partial charge in [-0.05, 0) is 25.1 Å². The van der Waals surface area contributed by atoms with E-state index in [0.717, 1.165) is 10.4 Å². The second-order valence-electron chi connectivity index (χ2n) is 4.98. The number of anilines is 1. The van der Waals surface area contributed by atoms with Crippen molar-refractivity contribution >= 4 is 33.0 Å². The van der Waals surface area contributed by atoms with Crippen LogP contribution in [0.3, 0.4) is 0 Å². The zero-order valence-electron chi connectivity index (χ0n) is 12.8. The number of nitro benzene ring substituents is 1. The highest BCUT2D eigenvalue weighted by molar-refractivity contribution is 7.92. The number of aryl methyl sites for hydroxylation is 1. The molecule has 2 rings (SSSR count). The Morgan fingerprint density at radius 3 is 2.54 bits per heavy atom. The maximum Gasteiger partial charge on any atom is 0.273 e. The Morgan fingerprint density at radius 1 is 1.29 bits per heavy atom. The fourth-order valence-electron chi connectivity index (χ4n) is 2.17. The zero-order valence-corrected chi connectivity index (χ0v) is 14.4. The summed E-state index contributed by atoms with van der Waals surface area (Å²) >= 11 is 6.11. The highest BCUT2D eigenvalue weighted by atomic mass is 35.5. The number of hydrogen-bond acceptors (Lipinski definition) is 4. The predicted molar refractivity (Wildman–Crippen MR) is 94.0 cm³/mol. The van der Waals surface area contributed by atoms with Gasteiger partial charge in [-0.15, -0.1) is 6.58 Å². The molecule has 0 aromatic heterocycles. The molecule has 2 aromatic rings. The first-order chi connectivity index (χ1) is 11.3. The molecule has 0 heterocycles. The fourth-order valence-corrected chi connectivity index (χ4v) is 3.93. The highest BCUT2D eigenvalue weighted by Crippen LogP contribution is 2.31. The van der Waals surface area contributed by atoms with Crippen LogP contribution < -0.4 is 4.31 Å². The molecular weight excluding hydrogens is 352 g/mol. The van der Waals surface area contributed by atoms with Crippen LogP contribution in [0.1, 0.15) is 5.56 Å². The van der Waals surface area contributed by atoms with Crippen molar-refractivity contribution in [1.82, 2.24) is 0 Å². The van der Waals surface area contributed by atoms with Crippen molar-refractivity contribution in [2.75, 3.05) is 10.8 Å². The Morgan fingerprint density at radius 2 is 1.96 bits per heavy atom. The van der Waals surface area contributed by atoms with E-state index in [2.05, 4.69) is 6.58 Å². The Hall–Kier alpha value is -2.38. The van der Waals surface area contributed by atoms with Gasteiger partial charge in [0.15, 0.2) is 0 Å². The van der Waals surface area contributed by atoms with Gasteiger partial charge in [0.2, 0.25) is 0 Å². The first kappa shape index (κ1) is 18.0. The van der Waals surface area contributed by atoms with Crippen LogP contribution in [0.15, 0.2) is 60.0 Å². The molecule has 8 heteroatoms. The maximum atomic E-state index is 13.0. The molecule has 0 aliphatic heterocycles. The summed E-state index contributed by atoms with van der Waals surface area (Å²) in [4.78, 5) is 10.3. The van der Waals surface area contributed by atoms with Crippen LogP contribution in [-0.2, 0) is 10.0 Å². The summed E-state index contributed by atoms with van der Waals surface area (Å²) < 4.78 is 27.0. The van der Waals surface area contributed by atoms with Crippen molar-refractivity contribution < 1.29 is 13.3 Å². The van der Waals surface area contributed by atoms with E-state index >= 15 is 0 Å². The largest absolute Gasteiger partial charge is 0.273 e. The number of rotatable bonds is 6. The molecule has 0 bridgehead atoms. The van der Waals surface area contributed by atoms with E-state index in [-0.39, 0.29) is 27.8 Å². The first-order valence-electron chi connectivity index (χ1n) is 6.92. The van der Waals surface area contributed by atoms with Crippen LogP contribution in [0.25, 0.3) is 0 Å². The highest BCUT2D eigenvalue weighted by Gasteiger charge is 2.27. The molecule has 0 unspecified atom stereocenters. The van der Waals surface area contributed by atoms with E-state index in [1.54, 1.807) is 31.2 Å². The molecule has 0 atom stereocenters. The van der Waals surface area contributed by atoms with Gasteiger partial charge in [-0.25, -0.2) is 8.42 Å². The van der Waals surface area contributed by atoms with Crippen molar-refractivity contribution in [2.24, 2.45) is 0 Å². The SMILES string of the molecule is C=CCN(c1ccccc1Cl)S(=O)(=O)c1ccc(C)c([N+](=O)[O-])c1. The summed E-state index contributed by atoms with van der Waals surface area (Å²) in [5.74, 6) is 0. The molecule has 0 fully saturated rings. The van der Waals surface area contributed by atoms with Gasteiger partial charge in [0.25, 0.3) is 15.7 Å². The molecule has 0 saturated heterocycles. The lowest BCUT2D eigenvalue weighted by Gasteiger charge is -2.24. The smallest absolute Gasteiger partial charge is 0.261 e. The molecule has 0 aliphatic carbocycles. The van der Waals surface area contributed by atoms with E-state index in [1.807, 2.05) is 0 Å². The third-order valence-electron chi connectivity index (χ3n) is 3.38. The van der Waals surface area contributed by atoms with Crippen molar-refractivity contribution in [3.8, 4) is 0 Å². The summed E-state index contributed by atoms with van der Waals surface area (Å²) in [5, 5.41) is 11.3. The number of benzene rings is 2. The minimum absolute atomic E-state index is 0.0201. The van der Waals surface area contributed by atoms with Crippen LogP contribution in [0.5, 0.6) is 0 Å². The second kappa shape index (κ2) is 7.02. The quantitative estimate of drug-likeness (QED) is 0.440. The topological polar surface area (TPSA) is 80.5 Å². The van der Waals surface area contributed by atoms with Gasteiger partial charge in [0, 0.05) is 11.6 Å². The van der Waals surface area contributed by atoms with E-state index in [9.17, 15) is 18.5 Å². The van der Waals surface area contributed by atoms with Gasteiger partial charge < -0.3 is 0 Å². The van der Waals surface area contributed by atoms with E-state index in [0.29, 0.717) is 5.56 Å². The van der Waals surface area contributed by atoms with Crippen LogP contribution in [-0.4, -0.2) is 19.9 Å². The molecule has 6 nitrogen and oxygen atoms in total. The van der Waals surface area contributed by atoms with Crippen LogP contribution >= 0.6 is 11.6 Å². The number of nitrogens with zero attached hydrogens (tertiary/aromatic N) is 2. The van der Waals surface area contributed by atoms with Crippen LogP contribution in [0, 0.1) is 17.0 Å². The summed E-state index contributed by atoms with van der Waals surface area (Å²) in [6.07, 6.45) is 1.42. The van der Waals surface area contributed by atoms with Gasteiger partial charge in [-0.1, -0.05) is 35.9 Å². The molecular formula is C16H15ClN2O4S. The van der Waals surface area contributed by atoms with E-state index in [1.165, 1.54) is 18.2 Å². The second-order valence-corrected chi connectivity index (χ2v) is 7.25. The van der Waals surface area contributed by atoms with Gasteiger partial charge >= 0.3 is 0 Å². The van der Waals surface area contributed by atoms with Gasteiger partial charge in [0.05, 0.1) is 27.1 Å². The predicted octanol–water partition coefficient (Wildman–Crippen LogP) is 3.94. The van der Waals surface area contributed by atoms with Crippen molar-refractivity contribution in [3.63, 3.8) is 0 Å². The number of sulfonamides is 1. The minimum atomic E-state index is -4.04. The summed E-state index contributed by atoms with van der Waals surface area (Å²) in [6, 6.07) is 10.3. The molecule has 24 heavy (non-hydrogen) atoms. The summed E-state index contributed by atoms with van der Waals surface area (Å²) in [5.41, 5.74) is 0.406. The molecule has 0 saturated carbocycles. The molecule has 0 amide bonds. The average Bonchev–Trinajstić information content (AvgIpc) is 2.53. The fraction of sp³-hybridized carbons (Fsp3) is 0.125. The maximum absolute atomic E-state index is 13.0. The van der Waals surface area contributed by atoms with Crippen molar-refractivity contribution in [3.05, 3.63) is 75.8 Å². The molecule has 0 aliphatic rings. The van der Waals surface area contributed by atoms with Crippen molar-refractivity contribution in [2.45, 2.75) is 11.8 Å². The molecule has 0 N–H and O–H groups in total. The van der Waals surface area contributed by atoms with Gasteiger partial charge in [-0.2, -0.15) is 0 Å². The molecule has 126 valence electrons. The van der Waals surface area contributed by atoms with Gasteiger partial charge in [0.1, 0.15) is 0 Å². The first-order valence-corrected chi connectivity index (χ1v) is 8.74. The Bertz CT molecular complexity index is 897. The van der Waals surface area contributed by atoms with Crippen LogP contribution in [0.2, 0.25) is 5.02 Å². The monoisotopic (exact) mass is 366 g/mol. The third-order valence-corrected chi connectivity index (χ3v) is 5.48.